The third kappa shape index (κ3) is 2.62. The van der Waals surface area contributed by atoms with E-state index in [1.165, 1.54) is 12.3 Å². The van der Waals surface area contributed by atoms with Crippen LogP contribution in [-0.4, -0.2) is 19.7 Å². The molecule has 0 aliphatic carbocycles. The van der Waals surface area contributed by atoms with Crippen LogP contribution in [0.5, 0.6) is 5.88 Å². The van der Waals surface area contributed by atoms with Gasteiger partial charge in [-0.2, -0.15) is 8.42 Å². The van der Waals surface area contributed by atoms with Crippen LogP contribution in [0.1, 0.15) is 0 Å². The maximum Gasteiger partial charge on any atom is 0.307 e. The summed E-state index contributed by atoms with van der Waals surface area (Å²) in [6, 6.07) is 6.79. The van der Waals surface area contributed by atoms with Gasteiger partial charge in [-0.15, -0.1) is 0 Å². The second-order valence-corrected chi connectivity index (χ2v) is 5.31. The van der Waals surface area contributed by atoms with Crippen LogP contribution in [0.4, 0.5) is 0 Å². The van der Waals surface area contributed by atoms with Crippen molar-refractivity contribution in [3.05, 3.63) is 35.5 Å². The van der Waals surface area contributed by atoms with Crippen molar-refractivity contribution in [1.82, 2.24) is 4.98 Å². The molecule has 0 bridgehead atoms. The Hall–Kier alpha value is -1.33. The Morgan fingerprint density at radius 1 is 1.25 bits per heavy atom. The molecule has 6 heteroatoms. The first-order valence-corrected chi connectivity index (χ1v) is 6.58. The highest BCUT2D eigenvalue weighted by molar-refractivity contribution is 7.86. The zero-order valence-electron chi connectivity index (χ0n) is 8.34. The van der Waals surface area contributed by atoms with Gasteiger partial charge in [0.15, 0.2) is 0 Å². The summed E-state index contributed by atoms with van der Waals surface area (Å²) in [5, 5.41) is 2.22. The summed E-state index contributed by atoms with van der Waals surface area (Å²) in [5.74, 6) is 0.0391. The maximum absolute atomic E-state index is 10.9. The topological polar surface area (TPSA) is 56.3 Å². The Kier molecular flexibility index (Phi) is 2.73. The summed E-state index contributed by atoms with van der Waals surface area (Å²) in [7, 11) is -3.55. The molecule has 0 amide bonds. The first-order chi connectivity index (χ1) is 7.44. The van der Waals surface area contributed by atoms with Gasteiger partial charge in [0.05, 0.1) is 6.26 Å². The van der Waals surface area contributed by atoms with Crippen molar-refractivity contribution >= 4 is 32.5 Å². The largest absolute Gasteiger partial charge is 0.362 e. The molecule has 0 aliphatic rings. The fourth-order valence-corrected chi connectivity index (χ4v) is 1.87. The van der Waals surface area contributed by atoms with Crippen molar-refractivity contribution < 1.29 is 12.6 Å². The Bertz CT molecular complexity index is 640. The number of pyridine rings is 1. The molecule has 0 unspecified atom stereocenters. The van der Waals surface area contributed by atoms with E-state index in [9.17, 15) is 8.42 Å². The Morgan fingerprint density at radius 3 is 2.69 bits per heavy atom. The van der Waals surface area contributed by atoms with E-state index in [0.29, 0.717) is 5.02 Å². The average Bonchev–Trinajstić information content (AvgIpc) is 2.14. The first-order valence-electron chi connectivity index (χ1n) is 4.39. The van der Waals surface area contributed by atoms with Crippen LogP contribution in [0, 0.1) is 0 Å². The number of nitrogens with zero attached hydrogens (tertiary/aromatic N) is 1. The third-order valence-electron chi connectivity index (χ3n) is 1.90. The molecule has 2 rings (SSSR count). The highest BCUT2D eigenvalue weighted by atomic mass is 35.5. The van der Waals surface area contributed by atoms with Crippen LogP contribution in [-0.2, 0) is 10.1 Å². The second kappa shape index (κ2) is 3.92. The van der Waals surface area contributed by atoms with E-state index in [-0.39, 0.29) is 5.88 Å². The lowest BCUT2D eigenvalue weighted by Gasteiger charge is -2.03. The number of rotatable bonds is 2. The maximum atomic E-state index is 10.9. The van der Waals surface area contributed by atoms with E-state index < -0.39 is 10.1 Å². The van der Waals surface area contributed by atoms with Gasteiger partial charge < -0.3 is 4.18 Å². The highest BCUT2D eigenvalue weighted by Crippen LogP contribution is 2.22. The summed E-state index contributed by atoms with van der Waals surface area (Å²) < 4.78 is 26.5. The van der Waals surface area contributed by atoms with Crippen molar-refractivity contribution in [2.24, 2.45) is 0 Å². The average molecular weight is 258 g/mol. The van der Waals surface area contributed by atoms with Crippen LogP contribution >= 0.6 is 11.6 Å². The molecule has 0 atom stereocenters. The van der Waals surface area contributed by atoms with Crippen LogP contribution < -0.4 is 4.18 Å². The summed E-state index contributed by atoms with van der Waals surface area (Å²) in [5.41, 5.74) is 0. The molecular weight excluding hydrogens is 250 g/mol. The molecule has 16 heavy (non-hydrogen) atoms. The lowest BCUT2D eigenvalue weighted by atomic mass is 10.2. The minimum Gasteiger partial charge on any atom is -0.362 e. The molecular formula is C10H8ClNO3S. The molecule has 0 saturated heterocycles. The normalized spacial score (nSPS) is 11.6. The number of hydrogen-bond acceptors (Lipinski definition) is 4. The molecule has 2 aromatic rings. The molecule has 0 saturated carbocycles. The smallest absolute Gasteiger partial charge is 0.307 e. The van der Waals surface area contributed by atoms with Gasteiger partial charge >= 0.3 is 10.1 Å². The number of fused-ring (bicyclic) bond motifs is 1. The first kappa shape index (κ1) is 11.2. The van der Waals surface area contributed by atoms with Gasteiger partial charge in [-0.25, -0.2) is 4.98 Å². The van der Waals surface area contributed by atoms with E-state index in [0.717, 1.165) is 17.0 Å². The van der Waals surface area contributed by atoms with Crippen LogP contribution in [0.15, 0.2) is 30.5 Å². The lowest BCUT2D eigenvalue weighted by Crippen LogP contribution is -2.06. The van der Waals surface area contributed by atoms with Crippen LogP contribution in [0.25, 0.3) is 10.8 Å². The Balaban J connectivity index is 2.51. The molecule has 1 aromatic heterocycles. The summed E-state index contributed by atoms with van der Waals surface area (Å²) in [4.78, 5) is 3.88. The molecule has 1 aromatic carbocycles. The summed E-state index contributed by atoms with van der Waals surface area (Å²) in [6.45, 7) is 0. The molecule has 0 spiro atoms. The van der Waals surface area contributed by atoms with Gasteiger partial charge in [0.2, 0.25) is 5.88 Å². The van der Waals surface area contributed by atoms with Gasteiger partial charge in [0, 0.05) is 22.7 Å². The fraction of sp³-hybridized carbons (Fsp3) is 0.100. The van der Waals surface area contributed by atoms with Crippen LogP contribution in [0.2, 0.25) is 5.02 Å². The van der Waals surface area contributed by atoms with Gasteiger partial charge in [-0.05, 0) is 17.5 Å². The Morgan fingerprint density at radius 2 is 2.00 bits per heavy atom. The molecule has 4 nitrogen and oxygen atoms in total. The fourth-order valence-electron chi connectivity index (χ4n) is 1.29. The molecule has 0 aliphatic heterocycles. The second-order valence-electron chi connectivity index (χ2n) is 3.30. The van der Waals surface area contributed by atoms with Gasteiger partial charge in [0.25, 0.3) is 0 Å². The van der Waals surface area contributed by atoms with E-state index in [1.54, 1.807) is 18.2 Å². The number of halogens is 1. The third-order valence-corrected chi connectivity index (χ3v) is 2.60. The van der Waals surface area contributed by atoms with E-state index in [1.807, 2.05) is 0 Å². The minimum atomic E-state index is -3.55. The SMILES string of the molecule is CS(=O)(=O)Oc1cc2cc(Cl)ccc2cn1. The van der Waals surface area contributed by atoms with Crippen molar-refractivity contribution in [1.29, 1.82) is 0 Å². The van der Waals surface area contributed by atoms with Gasteiger partial charge in [-0.3, -0.25) is 0 Å². The monoisotopic (exact) mass is 257 g/mol. The van der Waals surface area contributed by atoms with Crippen molar-refractivity contribution in [3.63, 3.8) is 0 Å². The van der Waals surface area contributed by atoms with Crippen molar-refractivity contribution in [2.45, 2.75) is 0 Å². The predicted molar refractivity (Wildman–Crippen MR) is 62.2 cm³/mol. The standard InChI is InChI=1S/C10H8ClNO3S/c1-16(13,14)15-10-5-8-4-9(11)3-2-7(8)6-12-10/h2-6H,1H3. The van der Waals surface area contributed by atoms with Gasteiger partial charge in [0.1, 0.15) is 0 Å². The number of benzene rings is 1. The van der Waals surface area contributed by atoms with E-state index in [4.69, 9.17) is 11.6 Å². The van der Waals surface area contributed by atoms with Crippen molar-refractivity contribution in [3.8, 4) is 5.88 Å². The molecule has 1 heterocycles. The number of hydrogen-bond donors (Lipinski definition) is 0. The zero-order chi connectivity index (χ0) is 11.8. The quantitative estimate of drug-likeness (QED) is 0.774. The molecule has 0 N–H and O–H groups in total. The van der Waals surface area contributed by atoms with E-state index in [2.05, 4.69) is 9.17 Å². The predicted octanol–water partition coefficient (Wildman–Crippen LogP) is 2.23. The molecule has 0 fully saturated rings. The number of aromatic nitrogens is 1. The molecule has 0 radical (unpaired) electrons. The summed E-state index contributed by atoms with van der Waals surface area (Å²) in [6.07, 6.45) is 2.50. The minimum absolute atomic E-state index is 0.0391. The van der Waals surface area contributed by atoms with Gasteiger partial charge in [-0.1, -0.05) is 17.7 Å². The van der Waals surface area contributed by atoms with Crippen LogP contribution in [0.3, 0.4) is 0 Å². The van der Waals surface area contributed by atoms with E-state index >= 15 is 0 Å². The summed E-state index contributed by atoms with van der Waals surface area (Å²) >= 11 is 5.82. The van der Waals surface area contributed by atoms with Crippen molar-refractivity contribution in [2.75, 3.05) is 6.26 Å². The highest BCUT2D eigenvalue weighted by Gasteiger charge is 2.06. The zero-order valence-corrected chi connectivity index (χ0v) is 9.92. The molecule has 84 valence electrons. The Labute approximate surface area is 97.9 Å². The lowest BCUT2D eigenvalue weighted by molar-refractivity contribution is 0.483.